The molecular weight excluding hydrogens is 270 g/mol. The van der Waals surface area contributed by atoms with Crippen LogP contribution in [0.4, 0.5) is 5.69 Å². The van der Waals surface area contributed by atoms with Crippen molar-refractivity contribution in [3.05, 3.63) is 24.3 Å². The number of carbonyl (C=O) groups is 2. The van der Waals surface area contributed by atoms with Crippen LogP contribution in [0.2, 0.25) is 0 Å². The van der Waals surface area contributed by atoms with E-state index >= 15 is 0 Å². The van der Waals surface area contributed by atoms with Crippen LogP contribution < -0.4 is 21.1 Å². The third kappa shape index (κ3) is 6.65. The van der Waals surface area contributed by atoms with Crippen molar-refractivity contribution in [1.82, 2.24) is 10.6 Å². The first-order valence-electron chi connectivity index (χ1n) is 6.77. The van der Waals surface area contributed by atoms with Gasteiger partial charge in [0.25, 0.3) is 5.91 Å². The highest BCUT2D eigenvalue weighted by Gasteiger charge is 2.20. The summed E-state index contributed by atoms with van der Waals surface area (Å²) in [5.41, 5.74) is 5.84. The summed E-state index contributed by atoms with van der Waals surface area (Å²) >= 11 is 0. The minimum absolute atomic E-state index is 0.156. The fourth-order valence-corrected chi connectivity index (χ4v) is 1.54. The first-order chi connectivity index (χ1) is 9.67. The summed E-state index contributed by atoms with van der Waals surface area (Å²) in [6, 6.07) is 6.11. The highest BCUT2D eigenvalue weighted by Crippen LogP contribution is 2.12. The predicted octanol–water partition coefficient (Wildman–Crippen LogP) is 1.07. The second kappa shape index (κ2) is 6.97. The van der Waals surface area contributed by atoms with E-state index in [-0.39, 0.29) is 24.0 Å². The number of nitrogens with two attached hydrogens (primary N) is 1. The highest BCUT2D eigenvalue weighted by atomic mass is 16.5. The molecule has 0 aliphatic rings. The molecule has 0 aliphatic carbocycles. The van der Waals surface area contributed by atoms with Gasteiger partial charge in [0.05, 0.1) is 0 Å². The number of hydrogen-bond acceptors (Lipinski definition) is 4. The molecule has 4 N–H and O–H groups in total. The van der Waals surface area contributed by atoms with Crippen LogP contribution in [-0.4, -0.2) is 30.0 Å². The molecule has 0 fully saturated rings. The Hall–Kier alpha value is -2.24. The van der Waals surface area contributed by atoms with Gasteiger partial charge in [0.2, 0.25) is 5.91 Å². The quantitative estimate of drug-likeness (QED) is 0.708. The molecule has 0 saturated heterocycles. The zero-order valence-corrected chi connectivity index (χ0v) is 12.9. The number of hydrogen-bond donors (Lipinski definition) is 3. The smallest absolute Gasteiger partial charge is 0.258 e. The Morgan fingerprint density at radius 2 is 1.81 bits per heavy atom. The lowest BCUT2D eigenvalue weighted by Crippen LogP contribution is -2.51. The largest absolute Gasteiger partial charge is 0.484 e. The first-order valence-corrected chi connectivity index (χ1v) is 6.77. The van der Waals surface area contributed by atoms with E-state index in [9.17, 15) is 9.59 Å². The third-order valence-corrected chi connectivity index (χ3v) is 2.52. The molecule has 6 nitrogen and oxygen atoms in total. The summed E-state index contributed by atoms with van der Waals surface area (Å²) in [5.74, 6) is -0.0436. The molecule has 1 atom stereocenters. The summed E-state index contributed by atoms with van der Waals surface area (Å²) in [6.45, 7) is 7.11. The second-order valence-corrected chi connectivity index (χ2v) is 5.89. The van der Waals surface area contributed by atoms with E-state index < -0.39 is 6.04 Å². The lowest BCUT2D eigenvalue weighted by atomic mass is 10.1. The van der Waals surface area contributed by atoms with Crippen LogP contribution in [0.5, 0.6) is 5.75 Å². The number of nitrogen functional groups attached to an aromatic ring is 1. The third-order valence-electron chi connectivity index (χ3n) is 2.52. The number of rotatable bonds is 5. The highest BCUT2D eigenvalue weighted by molar-refractivity contribution is 5.88. The Bertz CT molecular complexity index is 492. The number of amides is 2. The predicted molar refractivity (Wildman–Crippen MR) is 81.8 cm³/mol. The van der Waals surface area contributed by atoms with Crippen molar-refractivity contribution in [1.29, 1.82) is 0 Å². The molecule has 1 rings (SSSR count). The van der Waals surface area contributed by atoms with Crippen LogP contribution in [0, 0.1) is 0 Å². The van der Waals surface area contributed by atoms with Crippen molar-refractivity contribution in [3.63, 3.8) is 0 Å². The van der Waals surface area contributed by atoms with Crippen LogP contribution in [0.1, 0.15) is 27.7 Å². The molecule has 0 aliphatic heterocycles. The van der Waals surface area contributed by atoms with E-state index in [1.807, 2.05) is 20.8 Å². The van der Waals surface area contributed by atoms with Gasteiger partial charge in [-0.05, 0) is 52.0 Å². The average molecular weight is 293 g/mol. The molecule has 6 heteroatoms. The Morgan fingerprint density at radius 3 is 2.33 bits per heavy atom. The maximum absolute atomic E-state index is 11.8. The number of ether oxygens (including phenoxy) is 1. The average Bonchev–Trinajstić information content (AvgIpc) is 2.36. The van der Waals surface area contributed by atoms with Gasteiger partial charge in [-0.1, -0.05) is 0 Å². The van der Waals surface area contributed by atoms with Gasteiger partial charge in [-0.25, -0.2) is 0 Å². The number of nitrogens with one attached hydrogen (secondary N) is 2. The van der Waals surface area contributed by atoms with Crippen molar-refractivity contribution in [2.45, 2.75) is 39.3 Å². The Balaban J connectivity index is 2.39. The van der Waals surface area contributed by atoms with E-state index in [1.165, 1.54) is 0 Å². The zero-order valence-electron chi connectivity index (χ0n) is 12.9. The number of anilines is 1. The first kappa shape index (κ1) is 16.8. The minimum Gasteiger partial charge on any atom is -0.484 e. The Morgan fingerprint density at radius 1 is 1.24 bits per heavy atom. The van der Waals surface area contributed by atoms with Crippen molar-refractivity contribution in [2.24, 2.45) is 0 Å². The molecular formula is C15H23N3O3. The topological polar surface area (TPSA) is 93.4 Å². The molecule has 21 heavy (non-hydrogen) atoms. The molecule has 2 amide bonds. The fraction of sp³-hybridized carbons (Fsp3) is 0.467. The summed E-state index contributed by atoms with van der Waals surface area (Å²) in [7, 11) is 0. The normalized spacial score (nSPS) is 12.4. The fourth-order valence-electron chi connectivity index (χ4n) is 1.54. The van der Waals surface area contributed by atoms with Gasteiger partial charge < -0.3 is 21.1 Å². The molecule has 0 spiro atoms. The maximum Gasteiger partial charge on any atom is 0.258 e. The molecule has 0 heterocycles. The van der Waals surface area contributed by atoms with Gasteiger partial charge in [-0.3, -0.25) is 9.59 Å². The lowest BCUT2D eigenvalue weighted by molar-refractivity contribution is -0.130. The molecule has 1 aromatic rings. The minimum atomic E-state index is -0.619. The number of benzene rings is 1. The number of carbonyl (C=O) groups excluding carboxylic acids is 2. The molecule has 0 radical (unpaired) electrons. The van der Waals surface area contributed by atoms with Gasteiger partial charge in [0.1, 0.15) is 11.8 Å². The van der Waals surface area contributed by atoms with Crippen LogP contribution in [0.3, 0.4) is 0 Å². The van der Waals surface area contributed by atoms with Gasteiger partial charge in [-0.2, -0.15) is 0 Å². The second-order valence-electron chi connectivity index (χ2n) is 5.89. The van der Waals surface area contributed by atoms with Crippen molar-refractivity contribution < 1.29 is 14.3 Å². The lowest BCUT2D eigenvalue weighted by Gasteiger charge is -2.23. The summed E-state index contributed by atoms with van der Waals surface area (Å²) in [4.78, 5) is 23.5. The van der Waals surface area contributed by atoms with E-state index in [4.69, 9.17) is 10.5 Å². The van der Waals surface area contributed by atoms with Crippen LogP contribution in [-0.2, 0) is 9.59 Å². The van der Waals surface area contributed by atoms with Crippen molar-refractivity contribution in [3.8, 4) is 5.75 Å². The molecule has 1 aromatic carbocycles. The van der Waals surface area contributed by atoms with E-state index in [2.05, 4.69) is 10.6 Å². The standard InChI is InChI=1S/C15H23N3O3/c1-10(14(20)18-15(2,3)4)17-13(19)9-21-12-7-5-11(16)6-8-12/h5-8,10H,9,16H2,1-4H3,(H,17,19)(H,18,20). The molecule has 116 valence electrons. The molecule has 0 saturated carbocycles. The molecule has 1 unspecified atom stereocenters. The van der Waals surface area contributed by atoms with Gasteiger partial charge >= 0.3 is 0 Å². The Labute approximate surface area is 125 Å². The van der Waals surface area contributed by atoms with E-state index in [0.717, 1.165) is 0 Å². The summed E-state index contributed by atoms with van der Waals surface area (Å²) in [6.07, 6.45) is 0. The van der Waals surface area contributed by atoms with Crippen molar-refractivity contribution >= 4 is 17.5 Å². The SMILES string of the molecule is CC(NC(=O)COc1ccc(N)cc1)C(=O)NC(C)(C)C. The van der Waals surface area contributed by atoms with Gasteiger partial charge in [0.15, 0.2) is 6.61 Å². The maximum atomic E-state index is 11.8. The van der Waals surface area contributed by atoms with Gasteiger partial charge in [-0.15, -0.1) is 0 Å². The van der Waals surface area contributed by atoms with E-state index in [0.29, 0.717) is 11.4 Å². The van der Waals surface area contributed by atoms with Crippen LogP contribution in [0.25, 0.3) is 0 Å². The molecule has 0 bridgehead atoms. The summed E-state index contributed by atoms with van der Waals surface area (Å²) < 4.78 is 5.31. The Kier molecular flexibility index (Phi) is 5.58. The van der Waals surface area contributed by atoms with Crippen LogP contribution in [0.15, 0.2) is 24.3 Å². The van der Waals surface area contributed by atoms with Gasteiger partial charge in [0, 0.05) is 11.2 Å². The van der Waals surface area contributed by atoms with E-state index in [1.54, 1.807) is 31.2 Å². The molecule has 0 aromatic heterocycles. The van der Waals surface area contributed by atoms with Crippen LogP contribution >= 0.6 is 0 Å². The van der Waals surface area contributed by atoms with Crippen molar-refractivity contribution in [2.75, 3.05) is 12.3 Å². The monoisotopic (exact) mass is 293 g/mol. The summed E-state index contributed by atoms with van der Waals surface area (Å²) in [5, 5.41) is 5.38. The zero-order chi connectivity index (χ0) is 16.0.